The summed E-state index contributed by atoms with van der Waals surface area (Å²) >= 11 is 5.27. The van der Waals surface area contributed by atoms with Gasteiger partial charge in [0.15, 0.2) is 0 Å². The van der Waals surface area contributed by atoms with Crippen molar-refractivity contribution in [3.05, 3.63) is 64.0 Å². The molecule has 0 N–H and O–H groups in total. The van der Waals surface area contributed by atoms with Crippen LogP contribution in [-0.2, 0) is 12.8 Å². The fourth-order valence-electron chi connectivity index (χ4n) is 4.76. The van der Waals surface area contributed by atoms with Gasteiger partial charge in [-0.1, -0.05) is 11.3 Å². The van der Waals surface area contributed by atoms with E-state index < -0.39 is 0 Å². The second kappa shape index (κ2) is 8.63. The maximum atomic E-state index is 12.9. The summed E-state index contributed by atoms with van der Waals surface area (Å²) in [6, 6.07) is 9.75. The number of hydrogen-bond donors (Lipinski definition) is 0. The summed E-state index contributed by atoms with van der Waals surface area (Å²) in [5.74, 6) is 0.0813. The van der Waals surface area contributed by atoms with Crippen molar-refractivity contribution in [2.24, 2.45) is 0 Å². The van der Waals surface area contributed by atoms with Gasteiger partial charge in [0, 0.05) is 46.6 Å². The molecule has 0 bridgehead atoms. The number of thiazole rings is 1. The number of aromatic nitrogens is 4. The summed E-state index contributed by atoms with van der Waals surface area (Å²) < 4.78 is 8.25. The number of halogens is 1. The molecular formula is C25H22BrN5O2S. The van der Waals surface area contributed by atoms with Crippen molar-refractivity contribution in [3.8, 4) is 32.7 Å². The van der Waals surface area contributed by atoms with Gasteiger partial charge in [-0.05, 0) is 71.9 Å². The van der Waals surface area contributed by atoms with E-state index in [4.69, 9.17) is 9.84 Å². The van der Waals surface area contributed by atoms with Crippen molar-refractivity contribution in [1.82, 2.24) is 24.6 Å². The normalized spacial score (nSPS) is 14.7. The first-order valence-corrected chi connectivity index (χ1v) is 12.9. The number of carbonyl (C=O) groups is 1. The Balaban J connectivity index is 1.50. The van der Waals surface area contributed by atoms with Gasteiger partial charge in [-0.25, -0.2) is 9.67 Å². The predicted molar refractivity (Wildman–Crippen MR) is 135 cm³/mol. The van der Waals surface area contributed by atoms with Crippen molar-refractivity contribution in [3.63, 3.8) is 0 Å². The van der Waals surface area contributed by atoms with Crippen LogP contribution in [0.15, 0.2) is 47.2 Å². The highest BCUT2D eigenvalue weighted by Gasteiger charge is 2.31. The van der Waals surface area contributed by atoms with Crippen molar-refractivity contribution in [2.75, 3.05) is 20.2 Å². The zero-order valence-electron chi connectivity index (χ0n) is 18.6. The molecule has 9 heteroatoms. The molecule has 1 aliphatic carbocycles. The van der Waals surface area contributed by atoms with Crippen LogP contribution in [0.1, 0.15) is 34.5 Å². The summed E-state index contributed by atoms with van der Waals surface area (Å²) in [7, 11) is 1.65. The van der Waals surface area contributed by atoms with Crippen LogP contribution in [0.5, 0.6) is 5.19 Å². The smallest absolute Gasteiger partial charge is 0.273 e. The molecule has 34 heavy (non-hydrogen) atoms. The van der Waals surface area contributed by atoms with Crippen molar-refractivity contribution < 1.29 is 9.53 Å². The number of fused-ring (bicyclic) bond motifs is 3. The number of likely N-dealkylation sites (tertiary alicyclic amines) is 1. The first-order valence-electron chi connectivity index (χ1n) is 11.3. The number of benzene rings is 1. The third-order valence-corrected chi connectivity index (χ3v) is 8.11. The minimum atomic E-state index is 0.0813. The Labute approximate surface area is 209 Å². The maximum Gasteiger partial charge on any atom is 0.273 e. The van der Waals surface area contributed by atoms with Gasteiger partial charge in [0.25, 0.3) is 11.1 Å². The average molecular weight is 536 g/mol. The number of pyridine rings is 1. The van der Waals surface area contributed by atoms with Crippen LogP contribution < -0.4 is 4.74 Å². The van der Waals surface area contributed by atoms with Gasteiger partial charge in [-0.2, -0.15) is 5.10 Å². The molecule has 0 saturated carbocycles. The monoisotopic (exact) mass is 535 g/mol. The summed E-state index contributed by atoms with van der Waals surface area (Å²) in [5, 5.41) is 5.72. The molecule has 1 aromatic carbocycles. The fraction of sp³-hybridized carbons (Fsp3) is 0.280. The van der Waals surface area contributed by atoms with Crippen molar-refractivity contribution >= 4 is 33.2 Å². The maximum absolute atomic E-state index is 12.9. The Bertz CT molecular complexity index is 1390. The molecule has 4 aromatic rings. The van der Waals surface area contributed by atoms with Gasteiger partial charge < -0.3 is 9.64 Å². The zero-order valence-corrected chi connectivity index (χ0v) is 21.0. The van der Waals surface area contributed by atoms with E-state index in [1.807, 2.05) is 46.1 Å². The molecule has 4 heterocycles. The largest absolute Gasteiger partial charge is 0.473 e. The van der Waals surface area contributed by atoms with Crippen LogP contribution in [-0.4, -0.2) is 50.8 Å². The third kappa shape index (κ3) is 3.54. The minimum Gasteiger partial charge on any atom is -0.473 e. The third-order valence-electron chi connectivity index (χ3n) is 6.41. The number of hydrogen-bond acceptors (Lipinski definition) is 6. The van der Waals surface area contributed by atoms with Crippen molar-refractivity contribution in [2.45, 2.75) is 25.7 Å². The number of rotatable bonds is 4. The van der Waals surface area contributed by atoms with E-state index >= 15 is 0 Å². The van der Waals surface area contributed by atoms with Crippen molar-refractivity contribution in [1.29, 1.82) is 0 Å². The van der Waals surface area contributed by atoms with E-state index in [-0.39, 0.29) is 5.91 Å². The summed E-state index contributed by atoms with van der Waals surface area (Å²) in [6.45, 7) is 1.66. The highest BCUT2D eigenvalue weighted by atomic mass is 79.9. The Morgan fingerprint density at radius 3 is 2.76 bits per heavy atom. The molecule has 0 atom stereocenters. The summed E-state index contributed by atoms with van der Waals surface area (Å²) in [4.78, 5) is 24.9. The Morgan fingerprint density at radius 1 is 1.18 bits per heavy atom. The molecule has 172 valence electrons. The summed E-state index contributed by atoms with van der Waals surface area (Å²) in [6.07, 6.45) is 7.44. The van der Waals surface area contributed by atoms with E-state index in [1.54, 1.807) is 24.6 Å². The topological polar surface area (TPSA) is 73.1 Å². The van der Waals surface area contributed by atoms with Gasteiger partial charge in [0.1, 0.15) is 0 Å². The van der Waals surface area contributed by atoms with Gasteiger partial charge in [0.2, 0.25) is 0 Å². The quantitative estimate of drug-likeness (QED) is 0.360. The van der Waals surface area contributed by atoms with Gasteiger partial charge in [-0.15, -0.1) is 0 Å². The van der Waals surface area contributed by atoms with E-state index in [0.29, 0.717) is 10.8 Å². The number of carbonyl (C=O) groups excluding carboxylic acids is 1. The number of nitrogens with zero attached hydrogens (tertiary/aromatic N) is 5. The van der Waals surface area contributed by atoms with E-state index in [1.165, 1.54) is 5.56 Å². The highest BCUT2D eigenvalue weighted by Crippen LogP contribution is 2.45. The molecule has 1 fully saturated rings. The number of methoxy groups -OCH3 is 1. The standard InChI is InChI=1S/C25H22BrN5O2S/c1-33-25-28-19-8-7-17-21(16-5-4-10-27-14-16)29-31(22(17)23(19)34-25)20-9-6-15(13-18(20)26)24(32)30-11-2-3-12-30/h4-6,9-10,13-14H,2-3,7-8,11-12H2,1H3. The molecule has 1 aliphatic heterocycles. The van der Waals surface area contributed by atoms with E-state index in [2.05, 4.69) is 25.9 Å². The molecule has 0 spiro atoms. The number of amides is 1. The van der Waals surface area contributed by atoms with E-state index in [9.17, 15) is 4.79 Å². The Morgan fingerprint density at radius 2 is 2.03 bits per heavy atom. The van der Waals surface area contributed by atoms with Gasteiger partial charge in [0.05, 0.1) is 34.8 Å². The average Bonchev–Trinajstić information content (AvgIpc) is 3.62. The molecule has 1 saturated heterocycles. The molecule has 2 aliphatic rings. The minimum absolute atomic E-state index is 0.0813. The van der Waals surface area contributed by atoms with Crippen LogP contribution in [0.2, 0.25) is 0 Å². The molecule has 0 radical (unpaired) electrons. The molecule has 0 unspecified atom stereocenters. The molecule has 3 aromatic heterocycles. The molecular weight excluding hydrogens is 514 g/mol. The summed E-state index contributed by atoms with van der Waals surface area (Å²) in [5.41, 5.74) is 6.71. The van der Waals surface area contributed by atoms with Crippen LogP contribution in [0.4, 0.5) is 0 Å². The first kappa shape index (κ1) is 21.5. The fourth-order valence-corrected chi connectivity index (χ4v) is 6.29. The molecule has 1 amide bonds. The second-order valence-corrected chi connectivity index (χ2v) is 10.3. The molecule has 6 rings (SSSR count). The lowest BCUT2D eigenvalue weighted by atomic mass is 9.95. The van der Waals surface area contributed by atoms with Crippen LogP contribution in [0.25, 0.3) is 27.5 Å². The zero-order chi connectivity index (χ0) is 23.2. The number of aryl methyl sites for hydroxylation is 1. The Kier molecular flexibility index (Phi) is 5.45. The van der Waals surface area contributed by atoms with Crippen LogP contribution in [0, 0.1) is 0 Å². The van der Waals surface area contributed by atoms with Gasteiger partial charge in [-0.3, -0.25) is 9.78 Å². The van der Waals surface area contributed by atoms with E-state index in [0.717, 1.165) is 76.5 Å². The SMILES string of the molecule is COc1nc2c(s1)-c1c(c(-c3cccnc3)nn1-c1ccc(C(=O)N3CCCC3)cc1Br)CC2. The van der Waals surface area contributed by atoms with Crippen LogP contribution in [0.3, 0.4) is 0 Å². The lowest BCUT2D eigenvalue weighted by Crippen LogP contribution is -2.27. The van der Waals surface area contributed by atoms with Crippen LogP contribution >= 0.6 is 27.3 Å². The Hall–Kier alpha value is -3.04. The number of ether oxygens (including phenoxy) is 1. The second-order valence-electron chi connectivity index (χ2n) is 8.45. The van der Waals surface area contributed by atoms with Gasteiger partial charge >= 0.3 is 0 Å². The first-order chi connectivity index (χ1) is 16.6. The molecule has 7 nitrogen and oxygen atoms in total. The lowest BCUT2D eigenvalue weighted by Gasteiger charge is -2.17. The highest BCUT2D eigenvalue weighted by molar-refractivity contribution is 9.10. The predicted octanol–water partition coefficient (Wildman–Crippen LogP) is 5.16. The lowest BCUT2D eigenvalue weighted by molar-refractivity contribution is 0.0792.